The lowest BCUT2D eigenvalue weighted by molar-refractivity contribution is 0.381. The Bertz CT molecular complexity index is 376. The predicted octanol–water partition coefficient (Wildman–Crippen LogP) is 2.37. The molecule has 1 aliphatic heterocycles. The van der Waals surface area contributed by atoms with Crippen molar-refractivity contribution >= 4 is 0 Å². The van der Waals surface area contributed by atoms with Crippen LogP contribution in [0.4, 0.5) is 4.39 Å². The lowest BCUT2D eigenvalue weighted by atomic mass is 9.87. The first-order valence-electron chi connectivity index (χ1n) is 5.34. The standard InChI is InChI=1S/C12H16FNO/c1-7(2)12-10-5-8(13)6-11(15)9(10)3-4-14-12/h5-7,12,14-15H,3-4H2,1-2H3. The monoisotopic (exact) mass is 209 g/mol. The van der Waals surface area contributed by atoms with Gasteiger partial charge >= 0.3 is 0 Å². The third kappa shape index (κ3) is 1.84. The number of hydrogen-bond acceptors (Lipinski definition) is 2. The third-order valence-corrected chi connectivity index (χ3v) is 2.97. The summed E-state index contributed by atoms with van der Waals surface area (Å²) in [4.78, 5) is 0. The molecule has 0 fully saturated rings. The van der Waals surface area contributed by atoms with E-state index >= 15 is 0 Å². The van der Waals surface area contributed by atoms with Crippen LogP contribution in [-0.2, 0) is 6.42 Å². The molecule has 1 unspecified atom stereocenters. The Morgan fingerprint density at radius 2 is 2.20 bits per heavy atom. The fraction of sp³-hybridized carbons (Fsp3) is 0.500. The minimum Gasteiger partial charge on any atom is -0.508 e. The molecule has 0 radical (unpaired) electrons. The fourth-order valence-electron chi connectivity index (χ4n) is 2.25. The molecule has 0 saturated carbocycles. The molecule has 0 amide bonds. The Labute approximate surface area is 89.1 Å². The van der Waals surface area contributed by atoms with Gasteiger partial charge in [-0.2, -0.15) is 0 Å². The molecule has 2 nitrogen and oxygen atoms in total. The molecule has 1 atom stereocenters. The van der Waals surface area contributed by atoms with Crippen LogP contribution in [0.5, 0.6) is 5.75 Å². The van der Waals surface area contributed by atoms with E-state index in [9.17, 15) is 9.50 Å². The summed E-state index contributed by atoms with van der Waals surface area (Å²) in [6, 6.07) is 2.88. The van der Waals surface area contributed by atoms with E-state index in [1.54, 1.807) is 0 Å². The Balaban J connectivity index is 2.50. The highest BCUT2D eigenvalue weighted by Gasteiger charge is 2.25. The van der Waals surface area contributed by atoms with Crippen molar-refractivity contribution < 1.29 is 9.50 Å². The Kier molecular flexibility index (Phi) is 2.65. The zero-order chi connectivity index (χ0) is 11.0. The highest BCUT2D eigenvalue weighted by atomic mass is 19.1. The molecule has 0 aromatic heterocycles. The third-order valence-electron chi connectivity index (χ3n) is 2.97. The minimum atomic E-state index is -0.361. The summed E-state index contributed by atoms with van der Waals surface area (Å²) in [5, 5.41) is 13.0. The van der Waals surface area contributed by atoms with Crippen molar-refractivity contribution in [3.05, 3.63) is 29.1 Å². The number of nitrogens with one attached hydrogen (secondary N) is 1. The lowest BCUT2D eigenvalue weighted by Gasteiger charge is -2.30. The molecular formula is C12H16FNO. The molecule has 1 heterocycles. The number of rotatable bonds is 1. The highest BCUT2D eigenvalue weighted by Crippen LogP contribution is 2.34. The molecule has 1 aliphatic rings. The molecule has 15 heavy (non-hydrogen) atoms. The average molecular weight is 209 g/mol. The lowest BCUT2D eigenvalue weighted by Crippen LogP contribution is -2.33. The molecule has 2 rings (SSSR count). The van der Waals surface area contributed by atoms with Gasteiger partial charge in [-0.1, -0.05) is 13.8 Å². The normalized spacial score (nSPS) is 20.4. The van der Waals surface area contributed by atoms with E-state index in [1.807, 2.05) is 0 Å². The van der Waals surface area contributed by atoms with Crippen LogP contribution >= 0.6 is 0 Å². The van der Waals surface area contributed by atoms with E-state index in [2.05, 4.69) is 19.2 Å². The molecule has 0 aliphatic carbocycles. The molecule has 0 bridgehead atoms. The van der Waals surface area contributed by atoms with Gasteiger partial charge in [-0.15, -0.1) is 0 Å². The first-order valence-corrected chi connectivity index (χ1v) is 5.34. The Hall–Kier alpha value is -1.09. The van der Waals surface area contributed by atoms with Crippen LogP contribution in [0.25, 0.3) is 0 Å². The molecule has 82 valence electrons. The van der Waals surface area contributed by atoms with Crippen molar-refractivity contribution in [2.24, 2.45) is 5.92 Å². The van der Waals surface area contributed by atoms with E-state index in [4.69, 9.17) is 0 Å². The number of phenolic OH excluding ortho intramolecular Hbond substituents is 1. The van der Waals surface area contributed by atoms with Gasteiger partial charge in [-0.05, 0) is 30.5 Å². The van der Waals surface area contributed by atoms with Gasteiger partial charge in [-0.3, -0.25) is 0 Å². The van der Waals surface area contributed by atoms with Gasteiger partial charge in [-0.25, -0.2) is 4.39 Å². The van der Waals surface area contributed by atoms with Crippen molar-refractivity contribution in [2.75, 3.05) is 6.54 Å². The summed E-state index contributed by atoms with van der Waals surface area (Å²) in [5.74, 6) is 0.128. The predicted molar refractivity (Wildman–Crippen MR) is 57.4 cm³/mol. The van der Waals surface area contributed by atoms with Crippen molar-refractivity contribution in [3.63, 3.8) is 0 Å². The van der Waals surface area contributed by atoms with Gasteiger partial charge in [0.15, 0.2) is 0 Å². The maximum absolute atomic E-state index is 13.2. The first kappa shape index (κ1) is 10.4. The molecular weight excluding hydrogens is 193 g/mol. The van der Waals surface area contributed by atoms with Crippen LogP contribution in [0.1, 0.15) is 31.0 Å². The number of phenols is 1. The van der Waals surface area contributed by atoms with E-state index < -0.39 is 0 Å². The maximum atomic E-state index is 13.2. The van der Waals surface area contributed by atoms with E-state index in [1.165, 1.54) is 12.1 Å². The van der Waals surface area contributed by atoms with Crippen molar-refractivity contribution in [1.82, 2.24) is 5.32 Å². The number of hydrogen-bond donors (Lipinski definition) is 2. The van der Waals surface area contributed by atoms with E-state index in [0.717, 1.165) is 24.1 Å². The second kappa shape index (κ2) is 3.81. The topological polar surface area (TPSA) is 32.3 Å². The fourth-order valence-corrected chi connectivity index (χ4v) is 2.25. The van der Waals surface area contributed by atoms with Crippen molar-refractivity contribution in [1.29, 1.82) is 0 Å². The zero-order valence-electron chi connectivity index (χ0n) is 9.05. The number of aromatic hydroxyl groups is 1. The second-order valence-electron chi connectivity index (χ2n) is 4.42. The van der Waals surface area contributed by atoms with Gasteiger partial charge < -0.3 is 10.4 Å². The largest absolute Gasteiger partial charge is 0.508 e. The summed E-state index contributed by atoms with van der Waals surface area (Å²) in [6.45, 7) is 5.03. The van der Waals surface area contributed by atoms with Gasteiger partial charge in [0.05, 0.1) is 0 Å². The van der Waals surface area contributed by atoms with Crippen LogP contribution in [-0.4, -0.2) is 11.7 Å². The van der Waals surface area contributed by atoms with Crippen LogP contribution in [0.15, 0.2) is 12.1 Å². The summed E-state index contributed by atoms with van der Waals surface area (Å²) >= 11 is 0. The smallest absolute Gasteiger partial charge is 0.127 e. The van der Waals surface area contributed by atoms with Crippen LogP contribution < -0.4 is 5.32 Å². The van der Waals surface area contributed by atoms with Crippen LogP contribution in [0.2, 0.25) is 0 Å². The molecule has 1 aromatic rings. The highest BCUT2D eigenvalue weighted by molar-refractivity contribution is 5.43. The number of fused-ring (bicyclic) bond motifs is 1. The molecule has 0 saturated heterocycles. The Morgan fingerprint density at radius 1 is 1.47 bits per heavy atom. The maximum Gasteiger partial charge on any atom is 0.127 e. The number of benzene rings is 1. The van der Waals surface area contributed by atoms with Gasteiger partial charge in [0, 0.05) is 17.7 Å². The molecule has 2 N–H and O–H groups in total. The van der Waals surface area contributed by atoms with Gasteiger partial charge in [0.1, 0.15) is 11.6 Å². The van der Waals surface area contributed by atoms with Crippen molar-refractivity contribution in [2.45, 2.75) is 26.3 Å². The van der Waals surface area contributed by atoms with E-state index in [-0.39, 0.29) is 17.6 Å². The molecule has 0 spiro atoms. The van der Waals surface area contributed by atoms with Crippen LogP contribution in [0.3, 0.4) is 0 Å². The molecule has 3 heteroatoms. The average Bonchev–Trinajstić information content (AvgIpc) is 2.16. The van der Waals surface area contributed by atoms with Gasteiger partial charge in [0.2, 0.25) is 0 Å². The first-order chi connectivity index (χ1) is 7.09. The summed E-state index contributed by atoms with van der Waals surface area (Å²) < 4.78 is 13.2. The second-order valence-corrected chi connectivity index (χ2v) is 4.42. The summed E-state index contributed by atoms with van der Waals surface area (Å²) in [5.41, 5.74) is 1.81. The SMILES string of the molecule is CC(C)C1NCCc2c(O)cc(F)cc21. The minimum absolute atomic E-state index is 0.0946. The van der Waals surface area contributed by atoms with Crippen molar-refractivity contribution in [3.8, 4) is 5.75 Å². The summed E-state index contributed by atoms with van der Waals surface area (Å²) in [7, 11) is 0. The summed E-state index contributed by atoms with van der Waals surface area (Å²) in [6.07, 6.45) is 0.769. The van der Waals surface area contributed by atoms with E-state index in [0.29, 0.717) is 5.92 Å². The Morgan fingerprint density at radius 3 is 2.87 bits per heavy atom. The number of halogens is 1. The zero-order valence-corrected chi connectivity index (χ0v) is 9.05. The van der Waals surface area contributed by atoms with Gasteiger partial charge in [0.25, 0.3) is 0 Å². The van der Waals surface area contributed by atoms with Crippen LogP contribution in [0, 0.1) is 11.7 Å². The quantitative estimate of drug-likeness (QED) is 0.744. The molecule has 1 aromatic carbocycles.